The Morgan fingerprint density at radius 2 is 1.95 bits per heavy atom. The van der Waals surface area contributed by atoms with E-state index in [-0.39, 0.29) is 5.91 Å². The number of rotatable bonds is 2. The van der Waals surface area contributed by atoms with Gasteiger partial charge in [0.2, 0.25) is 5.91 Å². The largest absolute Gasteiger partial charge is 0.356 e. The molecule has 112 valence electrons. The number of carbonyl (C=O) groups excluding carboxylic acids is 1. The van der Waals surface area contributed by atoms with Crippen molar-refractivity contribution >= 4 is 22.6 Å². The van der Waals surface area contributed by atoms with Crippen LogP contribution in [0.5, 0.6) is 0 Å². The molecule has 5 heteroatoms. The normalized spacial score (nSPS) is 11.6. The molecule has 0 aliphatic carbocycles. The molecule has 0 fully saturated rings. The van der Waals surface area contributed by atoms with Crippen molar-refractivity contribution in [1.29, 1.82) is 0 Å². The van der Waals surface area contributed by atoms with Crippen molar-refractivity contribution in [3.05, 3.63) is 42.7 Å². The van der Waals surface area contributed by atoms with Crippen LogP contribution in [0.4, 0.5) is 5.69 Å². The molecule has 0 atom stereocenters. The second-order valence-electron chi connectivity index (χ2n) is 6.15. The van der Waals surface area contributed by atoms with E-state index in [2.05, 4.69) is 15.5 Å². The summed E-state index contributed by atoms with van der Waals surface area (Å²) in [6.07, 6.45) is 3.33. The fourth-order valence-corrected chi connectivity index (χ4v) is 2.08. The molecule has 22 heavy (non-hydrogen) atoms. The van der Waals surface area contributed by atoms with E-state index in [0.717, 1.165) is 10.9 Å². The molecule has 0 radical (unpaired) electrons. The monoisotopic (exact) mass is 295 g/mol. The van der Waals surface area contributed by atoms with Crippen LogP contribution in [0.2, 0.25) is 0 Å². The van der Waals surface area contributed by atoms with Crippen LogP contribution in [-0.4, -0.2) is 16.0 Å². The van der Waals surface area contributed by atoms with Crippen molar-refractivity contribution in [2.45, 2.75) is 20.8 Å². The van der Waals surface area contributed by atoms with E-state index < -0.39 is 5.41 Å². The maximum atomic E-state index is 12.2. The molecule has 5 nitrogen and oxygen atoms in total. The number of anilines is 1. The number of fused-ring (bicyclic) bond motifs is 1. The quantitative estimate of drug-likeness (QED) is 0.779. The molecular formula is C17H17N3O2. The summed E-state index contributed by atoms with van der Waals surface area (Å²) in [5.41, 5.74) is 2.31. The molecule has 2 aromatic heterocycles. The average molecular weight is 295 g/mol. The van der Waals surface area contributed by atoms with Gasteiger partial charge in [-0.2, -0.15) is 0 Å². The van der Waals surface area contributed by atoms with Gasteiger partial charge in [-0.05, 0) is 18.2 Å². The number of nitrogens with one attached hydrogen (secondary N) is 1. The van der Waals surface area contributed by atoms with E-state index in [1.54, 1.807) is 18.5 Å². The molecule has 0 unspecified atom stereocenters. The summed E-state index contributed by atoms with van der Waals surface area (Å²) in [6.45, 7) is 5.61. The highest BCUT2D eigenvalue weighted by atomic mass is 16.5. The van der Waals surface area contributed by atoms with Crippen LogP contribution in [0.1, 0.15) is 20.8 Å². The predicted octanol–water partition coefficient (Wildman–Crippen LogP) is 3.87. The zero-order chi connectivity index (χ0) is 15.7. The molecule has 0 aliphatic rings. The minimum Gasteiger partial charge on any atom is -0.356 e. The highest BCUT2D eigenvalue weighted by Crippen LogP contribution is 2.32. The van der Waals surface area contributed by atoms with Crippen LogP contribution in [0, 0.1) is 5.41 Å². The molecule has 0 aliphatic heterocycles. The molecule has 1 amide bonds. The van der Waals surface area contributed by atoms with Gasteiger partial charge in [-0.1, -0.05) is 38.1 Å². The lowest BCUT2D eigenvalue weighted by atomic mass is 9.95. The summed E-state index contributed by atoms with van der Waals surface area (Å²) in [5.74, 6) is -0.0623. The third-order valence-electron chi connectivity index (χ3n) is 3.38. The van der Waals surface area contributed by atoms with Crippen LogP contribution in [0.3, 0.4) is 0 Å². The van der Waals surface area contributed by atoms with Gasteiger partial charge in [-0.25, -0.2) is 0 Å². The van der Waals surface area contributed by atoms with Crippen molar-refractivity contribution in [2.24, 2.45) is 5.41 Å². The van der Waals surface area contributed by atoms with E-state index in [9.17, 15) is 4.79 Å². The van der Waals surface area contributed by atoms with Crippen molar-refractivity contribution < 1.29 is 9.32 Å². The van der Waals surface area contributed by atoms with Crippen molar-refractivity contribution in [1.82, 2.24) is 10.1 Å². The Morgan fingerprint density at radius 3 is 2.73 bits per heavy atom. The predicted molar refractivity (Wildman–Crippen MR) is 85.3 cm³/mol. The van der Waals surface area contributed by atoms with Crippen molar-refractivity contribution in [2.75, 3.05) is 5.32 Å². The number of nitrogens with zero attached hydrogens (tertiary/aromatic N) is 2. The lowest BCUT2D eigenvalue weighted by Gasteiger charge is -2.18. The lowest BCUT2D eigenvalue weighted by Crippen LogP contribution is -2.27. The molecule has 3 rings (SSSR count). The van der Waals surface area contributed by atoms with Crippen molar-refractivity contribution in [3.8, 4) is 11.3 Å². The van der Waals surface area contributed by atoms with Gasteiger partial charge in [0.15, 0.2) is 5.58 Å². The molecule has 0 spiro atoms. The summed E-state index contributed by atoms with van der Waals surface area (Å²) >= 11 is 0. The summed E-state index contributed by atoms with van der Waals surface area (Å²) in [4.78, 5) is 16.4. The minimum absolute atomic E-state index is 0.0623. The first-order valence-electron chi connectivity index (χ1n) is 7.07. The summed E-state index contributed by atoms with van der Waals surface area (Å²) in [5, 5.41) is 7.96. The Kier molecular flexibility index (Phi) is 3.41. The second kappa shape index (κ2) is 5.26. The van der Waals surface area contributed by atoms with Gasteiger partial charge < -0.3 is 9.84 Å². The van der Waals surface area contributed by atoms with Gasteiger partial charge in [0.05, 0.1) is 5.69 Å². The number of para-hydroxylation sites is 1. The zero-order valence-corrected chi connectivity index (χ0v) is 12.8. The van der Waals surface area contributed by atoms with Gasteiger partial charge in [0.1, 0.15) is 5.69 Å². The standard InChI is InChI=1S/C17H17N3O2/c1-17(2,3)16(21)19-13-8-9-18-10-12(13)15-11-6-4-5-7-14(11)22-20-15/h4-10H,1-3H3,(H,18,19,21). The molecule has 1 N–H and O–H groups in total. The lowest BCUT2D eigenvalue weighted by molar-refractivity contribution is -0.123. The number of hydrogen-bond donors (Lipinski definition) is 1. The third kappa shape index (κ3) is 2.57. The fraction of sp³-hybridized carbons (Fsp3) is 0.235. The van der Waals surface area contributed by atoms with Crippen molar-refractivity contribution in [3.63, 3.8) is 0 Å². The van der Waals surface area contributed by atoms with E-state index >= 15 is 0 Å². The van der Waals surface area contributed by atoms with Crippen LogP contribution < -0.4 is 5.32 Å². The fourth-order valence-electron chi connectivity index (χ4n) is 2.08. The van der Waals surface area contributed by atoms with Gasteiger partial charge in [-0.15, -0.1) is 0 Å². The Morgan fingerprint density at radius 1 is 1.18 bits per heavy atom. The van der Waals surface area contributed by atoms with E-state index in [0.29, 0.717) is 17.0 Å². The first kappa shape index (κ1) is 14.3. The molecule has 0 saturated carbocycles. The maximum absolute atomic E-state index is 12.2. The molecular weight excluding hydrogens is 278 g/mol. The molecule has 2 heterocycles. The Labute approximate surface area is 128 Å². The Balaban J connectivity index is 2.07. The molecule has 1 aromatic carbocycles. The number of pyridine rings is 1. The Bertz CT molecular complexity index is 831. The van der Waals surface area contributed by atoms with E-state index in [1.807, 2.05) is 45.0 Å². The maximum Gasteiger partial charge on any atom is 0.229 e. The van der Waals surface area contributed by atoms with Crippen LogP contribution in [0.25, 0.3) is 22.2 Å². The number of hydrogen-bond acceptors (Lipinski definition) is 4. The van der Waals surface area contributed by atoms with E-state index in [1.165, 1.54) is 0 Å². The van der Waals surface area contributed by atoms with Gasteiger partial charge in [0, 0.05) is 28.8 Å². The molecule has 0 bridgehead atoms. The number of benzene rings is 1. The van der Waals surface area contributed by atoms with Gasteiger partial charge in [0.25, 0.3) is 0 Å². The highest BCUT2D eigenvalue weighted by molar-refractivity contribution is 6.01. The summed E-state index contributed by atoms with van der Waals surface area (Å²) < 4.78 is 5.34. The Hall–Kier alpha value is -2.69. The SMILES string of the molecule is CC(C)(C)C(=O)Nc1ccncc1-c1noc2ccccc12. The molecule has 0 saturated heterocycles. The van der Waals surface area contributed by atoms with Crippen LogP contribution in [0.15, 0.2) is 47.2 Å². The zero-order valence-electron chi connectivity index (χ0n) is 12.8. The number of carbonyl (C=O) groups is 1. The summed E-state index contributed by atoms with van der Waals surface area (Å²) in [6, 6.07) is 9.37. The highest BCUT2D eigenvalue weighted by Gasteiger charge is 2.23. The summed E-state index contributed by atoms with van der Waals surface area (Å²) in [7, 11) is 0. The van der Waals surface area contributed by atoms with Gasteiger partial charge >= 0.3 is 0 Å². The van der Waals surface area contributed by atoms with Crippen LogP contribution in [-0.2, 0) is 4.79 Å². The smallest absolute Gasteiger partial charge is 0.229 e. The number of amides is 1. The first-order valence-corrected chi connectivity index (χ1v) is 7.07. The topological polar surface area (TPSA) is 68.0 Å². The first-order chi connectivity index (χ1) is 10.5. The minimum atomic E-state index is -0.480. The number of aromatic nitrogens is 2. The second-order valence-corrected chi connectivity index (χ2v) is 6.15. The molecule has 3 aromatic rings. The van der Waals surface area contributed by atoms with Gasteiger partial charge in [-0.3, -0.25) is 9.78 Å². The van der Waals surface area contributed by atoms with Crippen LogP contribution >= 0.6 is 0 Å². The third-order valence-corrected chi connectivity index (χ3v) is 3.38. The average Bonchev–Trinajstić information content (AvgIpc) is 2.91. The van der Waals surface area contributed by atoms with E-state index in [4.69, 9.17) is 4.52 Å².